The molecular weight excluding hydrogens is 306 g/mol. The van der Waals surface area contributed by atoms with Gasteiger partial charge in [0, 0.05) is 50.2 Å². The minimum Gasteiger partial charge on any atom is -0.497 e. The van der Waals surface area contributed by atoms with E-state index in [2.05, 4.69) is 0 Å². The van der Waals surface area contributed by atoms with E-state index in [1.165, 1.54) is 19.2 Å². The monoisotopic (exact) mass is 324 g/mol. The lowest BCUT2D eigenvalue weighted by molar-refractivity contribution is -0.136. The third kappa shape index (κ3) is 2.06. The number of carbonyl (C=O) groups is 1. The van der Waals surface area contributed by atoms with Crippen molar-refractivity contribution < 1.29 is 23.0 Å². The number of halogens is 2. The minimum atomic E-state index is -0.628. The van der Waals surface area contributed by atoms with E-state index in [9.17, 15) is 13.6 Å². The summed E-state index contributed by atoms with van der Waals surface area (Å²) in [6.07, 6.45) is 1.03. The van der Waals surface area contributed by atoms with Crippen molar-refractivity contribution in [1.82, 2.24) is 9.80 Å². The van der Waals surface area contributed by atoms with Gasteiger partial charge in [0.2, 0.25) is 5.91 Å². The van der Waals surface area contributed by atoms with Gasteiger partial charge >= 0.3 is 0 Å². The molecule has 2 atom stereocenters. The summed E-state index contributed by atoms with van der Waals surface area (Å²) in [5.41, 5.74) is -0.581. The van der Waals surface area contributed by atoms with Crippen molar-refractivity contribution in [2.75, 3.05) is 26.8 Å². The van der Waals surface area contributed by atoms with Crippen molar-refractivity contribution in [2.24, 2.45) is 0 Å². The van der Waals surface area contributed by atoms with Crippen molar-refractivity contribution in [3.05, 3.63) is 29.3 Å². The maximum absolute atomic E-state index is 14.2. The molecule has 0 N–H and O–H groups in total. The van der Waals surface area contributed by atoms with Crippen LogP contribution in [0.4, 0.5) is 8.78 Å². The number of hydrogen-bond acceptors (Lipinski definition) is 4. The van der Waals surface area contributed by atoms with Crippen LogP contribution >= 0.6 is 0 Å². The molecule has 0 saturated carbocycles. The zero-order valence-electron chi connectivity index (χ0n) is 12.8. The van der Waals surface area contributed by atoms with Crippen LogP contribution < -0.4 is 4.74 Å². The summed E-state index contributed by atoms with van der Waals surface area (Å²) >= 11 is 0. The number of benzene rings is 1. The molecule has 5 nitrogen and oxygen atoms in total. The zero-order valence-corrected chi connectivity index (χ0v) is 12.8. The van der Waals surface area contributed by atoms with Gasteiger partial charge in [0.15, 0.2) is 5.72 Å². The Morgan fingerprint density at radius 1 is 1.35 bits per heavy atom. The van der Waals surface area contributed by atoms with E-state index in [-0.39, 0.29) is 29.8 Å². The van der Waals surface area contributed by atoms with Gasteiger partial charge in [-0.25, -0.2) is 8.78 Å². The van der Waals surface area contributed by atoms with Crippen LogP contribution in [0.3, 0.4) is 0 Å². The standard InChI is InChI=1S/C16H18F2N2O3/c1-22-10-6-12(17)11(13(18)7-10)9-19-3-2-16-14(19)8-15(21)20(16)4-5-23-16/h6-7,14H,2-5,8-9H2,1H3/t14-,16+/m1/s1. The van der Waals surface area contributed by atoms with Crippen molar-refractivity contribution in [3.63, 3.8) is 0 Å². The number of nitrogens with zero attached hydrogens (tertiary/aromatic N) is 2. The second-order valence-electron chi connectivity index (χ2n) is 6.25. The quantitative estimate of drug-likeness (QED) is 0.845. The van der Waals surface area contributed by atoms with E-state index in [4.69, 9.17) is 9.47 Å². The molecule has 0 aliphatic carbocycles. The Morgan fingerprint density at radius 3 is 2.78 bits per heavy atom. The first-order valence-electron chi connectivity index (χ1n) is 7.75. The highest BCUT2D eigenvalue weighted by molar-refractivity contribution is 5.81. The van der Waals surface area contributed by atoms with E-state index in [1.54, 1.807) is 4.90 Å². The molecule has 1 spiro atoms. The Kier molecular flexibility index (Phi) is 3.32. The lowest BCUT2D eigenvalue weighted by Gasteiger charge is -2.31. The molecule has 23 heavy (non-hydrogen) atoms. The lowest BCUT2D eigenvalue weighted by atomic mass is 10.1. The normalized spacial score (nSPS) is 30.0. The average Bonchev–Trinajstić information content (AvgIpc) is 3.15. The molecule has 1 aromatic carbocycles. The Labute approximate surface area is 132 Å². The van der Waals surface area contributed by atoms with Crippen molar-refractivity contribution in [1.29, 1.82) is 0 Å². The fourth-order valence-corrected chi connectivity index (χ4v) is 4.12. The number of rotatable bonds is 3. The van der Waals surface area contributed by atoms with Gasteiger partial charge in [0.25, 0.3) is 0 Å². The van der Waals surface area contributed by atoms with Crippen LogP contribution in [0.25, 0.3) is 0 Å². The molecular formula is C16H18F2N2O3. The summed E-state index contributed by atoms with van der Waals surface area (Å²) < 4.78 is 39.1. The van der Waals surface area contributed by atoms with E-state index in [0.717, 1.165) is 0 Å². The largest absolute Gasteiger partial charge is 0.497 e. The molecule has 4 rings (SSSR count). The van der Waals surface area contributed by atoms with Gasteiger partial charge in [-0.2, -0.15) is 0 Å². The predicted octanol–water partition coefficient (Wildman–Crippen LogP) is 1.51. The fourth-order valence-electron chi connectivity index (χ4n) is 4.12. The van der Waals surface area contributed by atoms with Gasteiger partial charge in [0.1, 0.15) is 17.4 Å². The summed E-state index contributed by atoms with van der Waals surface area (Å²) in [5, 5.41) is 0. The topological polar surface area (TPSA) is 42.0 Å². The number of methoxy groups -OCH3 is 1. The van der Waals surface area contributed by atoms with Crippen molar-refractivity contribution in [3.8, 4) is 5.75 Å². The Balaban J connectivity index is 1.60. The molecule has 0 aromatic heterocycles. The van der Waals surface area contributed by atoms with Gasteiger partial charge in [-0.1, -0.05) is 0 Å². The SMILES string of the molecule is COc1cc(F)c(CN2CC[C@@]34OCCN3C(=O)C[C@@H]24)c(F)c1. The number of amides is 1. The highest BCUT2D eigenvalue weighted by Crippen LogP contribution is 2.46. The van der Waals surface area contributed by atoms with Crippen molar-refractivity contribution >= 4 is 5.91 Å². The highest BCUT2D eigenvalue weighted by atomic mass is 19.1. The summed E-state index contributed by atoms with van der Waals surface area (Å²) in [4.78, 5) is 15.9. The van der Waals surface area contributed by atoms with Gasteiger partial charge in [-0.15, -0.1) is 0 Å². The number of carbonyl (C=O) groups excluding carboxylic acids is 1. The first kappa shape index (κ1) is 14.8. The predicted molar refractivity (Wildman–Crippen MR) is 76.7 cm³/mol. The van der Waals surface area contributed by atoms with Gasteiger partial charge in [0.05, 0.1) is 19.8 Å². The molecule has 3 heterocycles. The second kappa shape index (κ2) is 5.14. The van der Waals surface area contributed by atoms with Crippen LogP contribution in [0.1, 0.15) is 18.4 Å². The minimum absolute atomic E-state index is 0.00625. The molecule has 7 heteroatoms. The smallest absolute Gasteiger partial charge is 0.226 e. The maximum Gasteiger partial charge on any atom is 0.226 e. The van der Waals surface area contributed by atoms with E-state index < -0.39 is 17.4 Å². The Morgan fingerprint density at radius 2 is 2.09 bits per heavy atom. The van der Waals surface area contributed by atoms with Crippen LogP contribution in [-0.2, 0) is 16.1 Å². The maximum atomic E-state index is 14.2. The van der Waals surface area contributed by atoms with E-state index in [1.807, 2.05) is 4.90 Å². The molecule has 3 aliphatic rings. The first-order chi connectivity index (χ1) is 11.0. The van der Waals surface area contributed by atoms with Crippen molar-refractivity contribution in [2.45, 2.75) is 31.2 Å². The molecule has 1 amide bonds. The number of hydrogen-bond donors (Lipinski definition) is 0. The molecule has 0 bridgehead atoms. The molecule has 124 valence electrons. The van der Waals surface area contributed by atoms with E-state index in [0.29, 0.717) is 32.5 Å². The molecule has 0 unspecified atom stereocenters. The Hall–Kier alpha value is -1.73. The summed E-state index contributed by atoms with van der Waals surface area (Å²) in [6, 6.07) is 2.23. The summed E-state index contributed by atoms with van der Waals surface area (Å²) in [7, 11) is 1.37. The highest BCUT2D eigenvalue weighted by Gasteiger charge is 2.61. The zero-order chi connectivity index (χ0) is 16.2. The van der Waals surface area contributed by atoms with Gasteiger partial charge in [-0.3, -0.25) is 9.69 Å². The van der Waals surface area contributed by atoms with Gasteiger partial charge < -0.3 is 14.4 Å². The van der Waals surface area contributed by atoms with Crippen LogP contribution in [0, 0.1) is 11.6 Å². The molecule has 1 aromatic rings. The summed E-state index contributed by atoms with van der Waals surface area (Å²) in [5.74, 6) is -1.04. The van der Waals surface area contributed by atoms with Crippen LogP contribution in [0.15, 0.2) is 12.1 Å². The average molecular weight is 324 g/mol. The molecule has 3 saturated heterocycles. The van der Waals surface area contributed by atoms with Crippen LogP contribution in [0.5, 0.6) is 5.75 Å². The number of ether oxygens (including phenoxy) is 2. The third-order valence-electron chi connectivity index (χ3n) is 5.22. The van der Waals surface area contributed by atoms with Crippen LogP contribution in [0.2, 0.25) is 0 Å². The van der Waals surface area contributed by atoms with E-state index >= 15 is 0 Å². The Bertz CT molecular complexity index is 646. The summed E-state index contributed by atoms with van der Waals surface area (Å²) in [6.45, 7) is 1.91. The lowest BCUT2D eigenvalue weighted by Crippen LogP contribution is -2.47. The molecule has 3 fully saturated rings. The fraction of sp³-hybridized carbons (Fsp3) is 0.562. The number of likely N-dealkylation sites (tertiary alicyclic amines) is 1. The third-order valence-corrected chi connectivity index (χ3v) is 5.22. The first-order valence-corrected chi connectivity index (χ1v) is 7.75. The molecule has 0 radical (unpaired) electrons. The van der Waals surface area contributed by atoms with Gasteiger partial charge in [-0.05, 0) is 0 Å². The van der Waals surface area contributed by atoms with Crippen LogP contribution in [-0.4, -0.2) is 54.3 Å². The molecule has 3 aliphatic heterocycles. The second-order valence-corrected chi connectivity index (χ2v) is 6.25.